The second-order valence-corrected chi connectivity index (χ2v) is 8.44. The summed E-state index contributed by atoms with van der Waals surface area (Å²) >= 11 is 6.04. The van der Waals surface area contributed by atoms with Gasteiger partial charge in [-0.05, 0) is 44.2 Å². The number of nitrogens with one attached hydrogen (secondary N) is 1. The molecule has 2 aromatic carbocycles. The van der Waals surface area contributed by atoms with Gasteiger partial charge in [0.1, 0.15) is 16.4 Å². The number of benzene rings is 2. The predicted molar refractivity (Wildman–Crippen MR) is 109 cm³/mol. The Balaban J connectivity index is 2.39. The van der Waals surface area contributed by atoms with Gasteiger partial charge in [0.2, 0.25) is 10.0 Å². The van der Waals surface area contributed by atoms with Gasteiger partial charge < -0.3 is 14.8 Å². The van der Waals surface area contributed by atoms with Crippen molar-refractivity contribution >= 4 is 33.2 Å². The van der Waals surface area contributed by atoms with E-state index in [-0.39, 0.29) is 15.5 Å². The van der Waals surface area contributed by atoms with E-state index in [1.165, 1.54) is 32.3 Å². The van der Waals surface area contributed by atoms with Crippen LogP contribution < -0.4 is 14.8 Å². The highest BCUT2D eigenvalue weighted by Gasteiger charge is 2.23. The average molecular weight is 427 g/mol. The fraction of sp³-hybridized carbons (Fsp3) is 0.316. The molecule has 0 unspecified atom stereocenters. The number of sulfonamides is 1. The molecule has 0 bridgehead atoms. The first-order valence-electron chi connectivity index (χ1n) is 8.63. The number of rotatable bonds is 8. The third-order valence-electron chi connectivity index (χ3n) is 3.76. The summed E-state index contributed by atoms with van der Waals surface area (Å²) in [7, 11) is -1.00. The van der Waals surface area contributed by atoms with Crippen LogP contribution in [0, 0.1) is 0 Å². The monoisotopic (exact) mass is 426 g/mol. The number of ether oxygens (including phenoxy) is 2. The fourth-order valence-electron chi connectivity index (χ4n) is 2.38. The number of hydrogen-bond acceptors (Lipinski definition) is 5. The molecule has 0 aliphatic rings. The summed E-state index contributed by atoms with van der Waals surface area (Å²) in [5, 5.41) is 2.78. The maximum atomic E-state index is 12.7. The number of carbonyl (C=O) groups excluding carboxylic acids is 1. The number of anilines is 1. The minimum Gasteiger partial charge on any atom is -0.494 e. The molecule has 1 N–H and O–H groups in total. The van der Waals surface area contributed by atoms with Gasteiger partial charge in [-0.1, -0.05) is 11.6 Å². The zero-order valence-corrected chi connectivity index (χ0v) is 17.7. The van der Waals surface area contributed by atoms with Gasteiger partial charge in [-0.15, -0.1) is 0 Å². The smallest absolute Gasteiger partial charge is 0.255 e. The molecular formula is C19H23ClN2O5S. The summed E-state index contributed by atoms with van der Waals surface area (Å²) in [5.74, 6) is 0.559. The number of hydrogen-bond donors (Lipinski definition) is 1. The molecule has 1 amide bonds. The van der Waals surface area contributed by atoms with Crippen LogP contribution in [0.25, 0.3) is 0 Å². The summed E-state index contributed by atoms with van der Waals surface area (Å²) in [6.07, 6.45) is 0. The minimum atomic E-state index is -3.79. The van der Waals surface area contributed by atoms with Crippen molar-refractivity contribution in [3.8, 4) is 11.5 Å². The summed E-state index contributed by atoms with van der Waals surface area (Å²) in [6.45, 7) is 4.59. The van der Waals surface area contributed by atoms with Crippen LogP contribution in [0.4, 0.5) is 5.69 Å². The lowest BCUT2D eigenvalue weighted by Gasteiger charge is -2.15. The summed E-state index contributed by atoms with van der Waals surface area (Å²) in [4.78, 5) is 12.6. The van der Waals surface area contributed by atoms with Gasteiger partial charge in [-0.2, -0.15) is 0 Å². The number of amides is 1. The van der Waals surface area contributed by atoms with Crippen molar-refractivity contribution in [1.82, 2.24) is 4.31 Å². The maximum Gasteiger partial charge on any atom is 0.255 e. The third-order valence-corrected chi connectivity index (χ3v) is 6.06. The molecule has 0 saturated heterocycles. The normalized spacial score (nSPS) is 11.4. The Bertz CT molecular complexity index is 961. The van der Waals surface area contributed by atoms with Gasteiger partial charge in [0.25, 0.3) is 5.91 Å². The SMILES string of the molecule is CCOc1ccc(OCC)c(NC(=O)c2ccc(Cl)c(S(=O)(=O)N(C)C)c2)c1. The minimum absolute atomic E-state index is 0.0404. The molecule has 0 radical (unpaired) electrons. The van der Waals surface area contributed by atoms with Crippen LogP contribution in [0.15, 0.2) is 41.3 Å². The topological polar surface area (TPSA) is 84.9 Å². The molecule has 0 heterocycles. The molecular weight excluding hydrogens is 404 g/mol. The van der Waals surface area contributed by atoms with E-state index in [0.29, 0.717) is 30.4 Å². The Kier molecular flexibility index (Phi) is 7.29. The average Bonchev–Trinajstić information content (AvgIpc) is 2.64. The number of carbonyl (C=O) groups is 1. The molecule has 7 nitrogen and oxygen atoms in total. The van der Waals surface area contributed by atoms with E-state index < -0.39 is 15.9 Å². The summed E-state index contributed by atoms with van der Waals surface area (Å²) in [6, 6.07) is 9.19. The van der Waals surface area contributed by atoms with Crippen molar-refractivity contribution in [2.24, 2.45) is 0 Å². The van der Waals surface area contributed by atoms with Crippen LogP contribution in [-0.4, -0.2) is 45.9 Å². The Morgan fingerprint density at radius 1 is 1.07 bits per heavy atom. The Morgan fingerprint density at radius 3 is 2.36 bits per heavy atom. The predicted octanol–water partition coefficient (Wildman–Crippen LogP) is 3.64. The molecule has 0 spiro atoms. The van der Waals surface area contributed by atoms with Crippen LogP contribution in [0.3, 0.4) is 0 Å². The van der Waals surface area contributed by atoms with Crippen molar-refractivity contribution in [2.75, 3.05) is 32.6 Å². The van der Waals surface area contributed by atoms with Gasteiger partial charge in [-0.25, -0.2) is 12.7 Å². The molecule has 0 atom stereocenters. The summed E-state index contributed by atoms with van der Waals surface area (Å²) < 4.78 is 36.9. The van der Waals surface area contributed by atoms with Gasteiger partial charge in [0, 0.05) is 25.7 Å². The second kappa shape index (κ2) is 9.27. The highest BCUT2D eigenvalue weighted by molar-refractivity contribution is 7.89. The van der Waals surface area contributed by atoms with E-state index in [0.717, 1.165) is 4.31 Å². The zero-order chi connectivity index (χ0) is 20.9. The first-order chi connectivity index (χ1) is 13.2. The first-order valence-corrected chi connectivity index (χ1v) is 10.5. The highest BCUT2D eigenvalue weighted by atomic mass is 35.5. The van der Waals surface area contributed by atoms with E-state index in [1.807, 2.05) is 13.8 Å². The van der Waals surface area contributed by atoms with Crippen LogP contribution in [0.1, 0.15) is 24.2 Å². The number of halogens is 1. The van der Waals surface area contributed by atoms with Crippen LogP contribution >= 0.6 is 11.6 Å². The van der Waals surface area contributed by atoms with Gasteiger partial charge in [0.15, 0.2) is 0 Å². The van der Waals surface area contributed by atoms with E-state index in [1.54, 1.807) is 18.2 Å². The van der Waals surface area contributed by atoms with E-state index >= 15 is 0 Å². The third kappa shape index (κ3) is 4.95. The van der Waals surface area contributed by atoms with E-state index in [9.17, 15) is 13.2 Å². The van der Waals surface area contributed by atoms with E-state index in [4.69, 9.17) is 21.1 Å². The van der Waals surface area contributed by atoms with Gasteiger partial charge in [-0.3, -0.25) is 4.79 Å². The molecule has 152 valence electrons. The lowest BCUT2D eigenvalue weighted by molar-refractivity contribution is 0.102. The van der Waals surface area contributed by atoms with Crippen molar-refractivity contribution < 1.29 is 22.7 Å². The van der Waals surface area contributed by atoms with Crippen LogP contribution in [0.2, 0.25) is 5.02 Å². The van der Waals surface area contributed by atoms with E-state index in [2.05, 4.69) is 5.32 Å². The second-order valence-electron chi connectivity index (χ2n) is 5.91. The zero-order valence-electron chi connectivity index (χ0n) is 16.2. The highest BCUT2D eigenvalue weighted by Crippen LogP contribution is 2.31. The number of nitrogens with zero attached hydrogens (tertiary/aromatic N) is 1. The molecule has 2 aromatic rings. The molecule has 28 heavy (non-hydrogen) atoms. The fourth-order valence-corrected chi connectivity index (χ4v) is 3.77. The maximum absolute atomic E-state index is 12.7. The Hall–Kier alpha value is -2.29. The van der Waals surface area contributed by atoms with Crippen molar-refractivity contribution in [3.63, 3.8) is 0 Å². The standard InChI is InChI=1S/C19H23ClN2O5S/c1-5-26-14-8-10-17(27-6-2)16(12-14)21-19(23)13-7-9-15(20)18(11-13)28(24,25)22(3)4/h7-12H,5-6H2,1-4H3,(H,21,23). The lowest BCUT2D eigenvalue weighted by Crippen LogP contribution is -2.23. The van der Waals surface area contributed by atoms with Gasteiger partial charge in [0.05, 0.1) is 23.9 Å². The summed E-state index contributed by atoms with van der Waals surface area (Å²) in [5.41, 5.74) is 0.568. The van der Waals surface area contributed by atoms with Gasteiger partial charge >= 0.3 is 0 Å². The van der Waals surface area contributed by atoms with Crippen LogP contribution in [0.5, 0.6) is 11.5 Å². The molecule has 0 aliphatic carbocycles. The first kappa shape index (κ1) is 22.0. The molecule has 0 saturated carbocycles. The molecule has 0 aromatic heterocycles. The Morgan fingerprint density at radius 2 is 1.75 bits per heavy atom. The molecule has 0 aliphatic heterocycles. The van der Waals surface area contributed by atoms with Crippen molar-refractivity contribution in [3.05, 3.63) is 47.0 Å². The molecule has 0 fully saturated rings. The quantitative estimate of drug-likeness (QED) is 0.696. The largest absolute Gasteiger partial charge is 0.494 e. The molecule has 2 rings (SSSR count). The van der Waals surface area contributed by atoms with Crippen LogP contribution in [-0.2, 0) is 10.0 Å². The lowest BCUT2D eigenvalue weighted by atomic mass is 10.2. The molecule has 9 heteroatoms. The van der Waals surface area contributed by atoms with Crippen molar-refractivity contribution in [1.29, 1.82) is 0 Å². The van der Waals surface area contributed by atoms with Crippen molar-refractivity contribution in [2.45, 2.75) is 18.7 Å². The Labute approximate surface area is 170 Å².